The van der Waals surface area contributed by atoms with Gasteiger partial charge in [0.2, 0.25) is 5.91 Å². The number of alkyl halides is 3. The lowest BCUT2D eigenvalue weighted by molar-refractivity contribution is -0.140. The van der Waals surface area contributed by atoms with Crippen molar-refractivity contribution in [2.75, 3.05) is 5.32 Å². The fraction of sp³-hybridized carbons (Fsp3) is 0.190. The van der Waals surface area contributed by atoms with Crippen LogP contribution in [0.25, 0.3) is 11.3 Å². The Kier molecular flexibility index (Phi) is 6.97. The summed E-state index contributed by atoms with van der Waals surface area (Å²) in [6, 6.07) is 11.5. The van der Waals surface area contributed by atoms with E-state index in [0.717, 1.165) is 23.5 Å². The number of anilines is 1. The molecule has 10 heteroatoms. The van der Waals surface area contributed by atoms with Gasteiger partial charge < -0.3 is 10.4 Å². The summed E-state index contributed by atoms with van der Waals surface area (Å²) in [5, 5.41) is 14.1. The molecule has 1 unspecified atom stereocenters. The third-order valence-electron chi connectivity index (χ3n) is 4.41. The Hall–Kier alpha value is -2.91. The van der Waals surface area contributed by atoms with E-state index in [2.05, 4.69) is 10.3 Å². The topological polar surface area (TPSA) is 79.3 Å². The molecule has 0 aliphatic heterocycles. The Morgan fingerprint density at radius 1 is 1.16 bits per heavy atom. The molecular weight excluding hydrogens is 453 g/mol. The van der Waals surface area contributed by atoms with Crippen molar-refractivity contribution >= 4 is 39.9 Å². The number of halogens is 4. The minimum absolute atomic E-state index is 0.162. The van der Waals surface area contributed by atoms with Crippen LogP contribution in [0.4, 0.5) is 18.3 Å². The number of nitrogens with one attached hydrogen (secondary N) is 1. The van der Waals surface area contributed by atoms with Crippen molar-refractivity contribution in [1.29, 1.82) is 0 Å². The Labute approximate surface area is 184 Å². The van der Waals surface area contributed by atoms with Crippen LogP contribution in [0.15, 0.2) is 53.9 Å². The normalized spacial score (nSPS) is 12.4. The number of hydrogen-bond donors (Lipinski definition) is 2. The molecule has 1 aromatic heterocycles. The van der Waals surface area contributed by atoms with Gasteiger partial charge in [0.25, 0.3) is 0 Å². The average Bonchev–Trinajstić information content (AvgIpc) is 3.15. The van der Waals surface area contributed by atoms with Crippen molar-refractivity contribution < 1.29 is 27.9 Å². The van der Waals surface area contributed by atoms with Crippen molar-refractivity contribution in [2.24, 2.45) is 5.92 Å². The molecule has 0 fully saturated rings. The fourth-order valence-electron chi connectivity index (χ4n) is 2.96. The molecule has 31 heavy (non-hydrogen) atoms. The fourth-order valence-corrected chi connectivity index (χ4v) is 3.90. The van der Waals surface area contributed by atoms with Crippen molar-refractivity contribution in [3.63, 3.8) is 0 Å². The monoisotopic (exact) mass is 468 g/mol. The zero-order chi connectivity index (χ0) is 22.6. The van der Waals surface area contributed by atoms with Crippen LogP contribution in [0.1, 0.15) is 17.5 Å². The summed E-state index contributed by atoms with van der Waals surface area (Å²) >= 11 is 7.28. The zero-order valence-electron chi connectivity index (χ0n) is 15.8. The van der Waals surface area contributed by atoms with E-state index < -0.39 is 36.0 Å². The summed E-state index contributed by atoms with van der Waals surface area (Å²) in [6.07, 6.45) is -5.23. The SMILES string of the molecule is O=C(O)CC(Cc1cccc(C(F)(F)F)c1)C(=O)Nc1nc(-c2ccccc2Cl)cs1. The molecule has 162 valence electrons. The van der Waals surface area contributed by atoms with E-state index in [0.29, 0.717) is 16.3 Å². The quantitative estimate of drug-likeness (QED) is 0.462. The van der Waals surface area contributed by atoms with Crippen LogP contribution in [-0.2, 0) is 22.2 Å². The van der Waals surface area contributed by atoms with E-state index in [-0.39, 0.29) is 17.1 Å². The van der Waals surface area contributed by atoms with Crippen LogP contribution in [0, 0.1) is 5.92 Å². The minimum atomic E-state index is -4.53. The van der Waals surface area contributed by atoms with Crippen LogP contribution in [0.2, 0.25) is 5.02 Å². The maximum Gasteiger partial charge on any atom is 0.416 e. The maximum absolute atomic E-state index is 12.9. The predicted octanol–water partition coefficient (Wildman–Crippen LogP) is 5.75. The summed E-state index contributed by atoms with van der Waals surface area (Å²) in [6.45, 7) is 0. The highest BCUT2D eigenvalue weighted by molar-refractivity contribution is 7.14. The van der Waals surface area contributed by atoms with E-state index in [1.54, 1.807) is 29.6 Å². The number of nitrogens with zero attached hydrogens (tertiary/aromatic N) is 1. The highest BCUT2D eigenvalue weighted by Crippen LogP contribution is 2.32. The van der Waals surface area contributed by atoms with Gasteiger partial charge in [-0.3, -0.25) is 9.59 Å². The summed E-state index contributed by atoms with van der Waals surface area (Å²) < 4.78 is 38.8. The highest BCUT2D eigenvalue weighted by Gasteiger charge is 2.31. The predicted molar refractivity (Wildman–Crippen MR) is 112 cm³/mol. The second kappa shape index (κ2) is 9.49. The third-order valence-corrected chi connectivity index (χ3v) is 5.50. The number of carboxylic acid groups (broad SMARTS) is 1. The van der Waals surface area contributed by atoms with Crippen molar-refractivity contribution in [1.82, 2.24) is 4.98 Å². The summed E-state index contributed by atoms with van der Waals surface area (Å²) in [7, 11) is 0. The first-order chi connectivity index (χ1) is 14.6. The summed E-state index contributed by atoms with van der Waals surface area (Å²) in [5.74, 6) is -2.95. The molecule has 5 nitrogen and oxygen atoms in total. The molecule has 0 aliphatic carbocycles. The second-order valence-corrected chi connectivity index (χ2v) is 7.97. The molecular formula is C21H16ClF3N2O3S. The van der Waals surface area contributed by atoms with Crippen LogP contribution in [-0.4, -0.2) is 22.0 Å². The van der Waals surface area contributed by atoms with Gasteiger partial charge in [-0.05, 0) is 24.1 Å². The number of carbonyl (C=O) groups is 2. The first-order valence-corrected chi connectivity index (χ1v) is 10.3. The Balaban J connectivity index is 1.77. The number of aromatic nitrogens is 1. The smallest absolute Gasteiger partial charge is 0.416 e. The Morgan fingerprint density at radius 2 is 1.90 bits per heavy atom. The maximum atomic E-state index is 12.9. The van der Waals surface area contributed by atoms with Gasteiger partial charge in [0.15, 0.2) is 5.13 Å². The molecule has 2 N–H and O–H groups in total. The van der Waals surface area contributed by atoms with Gasteiger partial charge in [0, 0.05) is 16.0 Å². The van der Waals surface area contributed by atoms with Crippen LogP contribution < -0.4 is 5.32 Å². The average molecular weight is 469 g/mol. The second-order valence-electron chi connectivity index (χ2n) is 6.70. The molecule has 2 aromatic carbocycles. The number of benzene rings is 2. The van der Waals surface area contributed by atoms with Gasteiger partial charge in [-0.1, -0.05) is 48.0 Å². The zero-order valence-corrected chi connectivity index (χ0v) is 17.4. The number of carbonyl (C=O) groups excluding carboxylic acids is 1. The van der Waals surface area contributed by atoms with Gasteiger partial charge in [-0.15, -0.1) is 11.3 Å². The molecule has 0 aliphatic rings. The van der Waals surface area contributed by atoms with Gasteiger partial charge >= 0.3 is 12.1 Å². The lowest BCUT2D eigenvalue weighted by Gasteiger charge is -2.15. The molecule has 0 bridgehead atoms. The molecule has 1 heterocycles. The molecule has 1 amide bonds. The van der Waals surface area contributed by atoms with Crippen LogP contribution in [0.3, 0.4) is 0 Å². The van der Waals surface area contributed by atoms with Crippen molar-refractivity contribution in [3.05, 3.63) is 70.1 Å². The Morgan fingerprint density at radius 3 is 2.58 bits per heavy atom. The lowest BCUT2D eigenvalue weighted by Crippen LogP contribution is -2.27. The van der Waals surface area contributed by atoms with Crippen LogP contribution >= 0.6 is 22.9 Å². The van der Waals surface area contributed by atoms with E-state index in [9.17, 15) is 22.8 Å². The van der Waals surface area contributed by atoms with E-state index in [1.165, 1.54) is 12.1 Å². The number of hydrogen-bond acceptors (Lipinski definition) is 4. The number of amides is 1. The third kappa shape index (κ3) is 6.05. The van der Waals surface area contributed by atoms with E-state index in [4.69, 9.17) is 16.7 Å². The number of aliphatic carboxylic acids is 1. The Bertz CT molecular complexity index is 1100. The summed E-state index contributed by atoms with van der Waals surface area (Å²) in [4.78, 5) is 28.2. The molecule has 3 rings (SSSR count). The molecule has 0 spiro atoms. The molecule has 0 radical (unpaired) electrons. The van der Waals surface area contributed by atoms with Crippen molar-refractivity contribution in [2.45, 2.75) is 19.0 Å². The molecule has 3 aromatic rings. The molecule has 0 saturated heterocycles. The van der Waals surface area contributed by atoms with E-state index in [1.807, 2.05) is 0 Å². The highest BCUT2D eigenvalue weighted by atomic mass is 35.5. The van der Waals surface area contributed by atoms with Crippen LogP contribution in [0.5, 0.6) is 0 Å². The van der Waals surface area contributed by atoms with Crippen molar-refractivity contribution in [3.8, 4) is 11.3 Å². The minimum Gasteiger partial charge on any atom is -0.481 e. The first kappa shape index (κ1) is 22.8. The van der Waals surface area contributed by atoms with E-state index >= 15 is 0 Å². The number of thiazole rings is 1. The largest absolute Gasteiger partial charge is 0.481 e. The lowest BCUT2D eigenvalue weighted by atomic mass is 9.94. The number of rotatable bonds is 7. The number of carboxylic acids is 1. The van der Waals surface area contributed by atoms with Gasteiger partial charge in [0.1, 0.15) is 0 Å². The summed E-state index contributed by atoms with van der Waals surface area (Å²) in [5.41, 5.74) is 0.571. The molecule has 0 saturated carbocycles. The van der Waals surface area contributed by atoms with Gasteiger partial charge in [-0.2, -0.15) is 13.2 Å². The first-order valence-electron chi connectivity index (χ1n) is 9.02. The van der Waals surface area contributed by atoms with Gasteiger partial charge in [0.05, 0.1) is 23.6 Å². The standard InChI is InChI=1S/C21H16ClF3N2O3S/c22-16-7-2-1-6-15(16)17-11-31-20(26-17)27-19(30)13(10-18(28)29)8-12-4-3-5-14(9-12)21(23,24)25/h1-7,9,11,13H,8,10H2,(H,28,29)(H,26,27,30). The van der Waals surface area contributed by atoms with Gasteiger partial charge in [-0.25, -0.2) is 4.98 Å². The molecule has 1 atom stereocenters.